The van der Waals surface area contributed by atoms with Crippen molar-refractivity contribution in [3.8, 4) is 12.1 Å². The van der Waals surface area contributed by atoms with Gasteiger partial charge in [-0.15, -0.1) is 0 Å². The molecule has 0 bridgehead atoms. The fourth-order valence-electron chi connectivity index (χ4n) is 1.06. The minimum Gasteiger partial charge on any atom is -0.360 e. The third-order valence-corrected chi connectivity index (χ3v) is 1.91. The molecule has 0 aromatic heterocycles. The van der Waals surface area contributed by atoms with Crippen molar-refractivity contribution in [2.24, 2.45) is 0 Å². The largest absolute Gasteiger partial charge is 0.360 e. The van der Waals surface area contributed by atoms with Gasteiger partial charge in [-0.25, -0.2) is 0 Å². The maximum absolute atomic E-state index is 8.76. The molecule has 0 spiro atoms. The van der Waals surface area contributed by atoms with E-state index in [4.69, 9.17) is 10.5 Å². The van der Waals surface area contributed by atoms with Crippen molar-refractivity contribution < 1.29 is 0 Å². The summed E-state index contributed by atoms with van der Waals surface area (Å²) in [6, 6.07) is 11.6. The number of rotatable bonds is 3. The van der Waals surface area contributed by atoms with E-state index in [1.807, 2.05) is 43.3 Å². The van der Waals surface area contributed by atoms with Gasteiger partial charge < -0.3 is 5.32 Å². The Balaban J connectivity index is 2.72. The lowest BCUT2D eigenvalue weighted by atomic mass is 10.2. The predicted octanol–water partition coefficient (Wildman–Crippen LogP) is 2.89. The van der Waals surface area contributed by atoms with Crippen LogP contribution in [0.5, 0.6) is 0 Å². The van der Waals surface area contributed by atoms with Crippen LogP contribution in [0.3, 0.4) is 0 Å². The topological polar surface area (TPSA) is 59.6 Å². The number of allylic oxidation sites excluding steroid dienone is 3. The van der Waals surface area contributed by atoms with Gasteiger partial charge in [0.05, 0.1) is 11.6 Å². The molecule has 0 aliphatic rings. The van der Waals surface area contributed by atoms with Gasteiger partial charge in [-0.1, -0.05) is 17.7 Å². The smallest absolute Gasteiger partial charge is 0.101 e. The minimum absolute atomic E-state index is 0.405. The van der Waals surface area contributed by atoms with E-state index >= 15 is 0 Å². The summed E-state index contributed by atoms with van der Waals surface area (Å²) < 4.78 is 0. The molecule has 0 saturated carbocycles. The van der Waals surface area contributed by atoms with Crippen LogP contribution in [0.1, 0.15) is 5.56 Å². The van der Waals surface area contributed by atoms with E-state index in [-0.39, 0.29) is 0 Å². The third-order valence-electron chi connectivity index (χ3n) is 1.91. The molecule has 0 aliphatic heterocycles. The number of nitrogens with one attached hydrogen (secondary N) is 1. The van der Waals surface area contributed by atoms with Crippen LogP contribution in [0.25, 0.3) is 0 Å². The van der Waals surface area contributed by atoms with Crippen molar-refractivity contribution in [2.45, 2.75) is 6.92 Å². The van der Waals surface area contributed by atoms with Crippen LogP contribution in [0, 0.1) is 29.6 Å². The van der Waals surface area contributed by atoms with Crippen LogP contribution in [0.4, 0.5) is 5.69 Å². The number of anilines is 1. The summed E-state index contributed by atoms with van der Waals surface area (Å²) in [5.74, 6) is 0. The van der Waals surface area contributed by atoms with Gasteiger partial charge in [-0.05, 0) is 25.1 Å². The molecule has 78 valence electrons. The number of hydrogen-bond acceptors (Lipinski definition) is 3. The predicted molar refractivity (Wildman–Crippen MR) is 63.3 cm³/mol. The third kappa shape index (κ3) is 3.69. The maximum atomic E-state index is 8.76. The zero-order valence-electron chi connectivity index (χ0n) is 8.94. The minimum atomic E-state index is 0.405. The Kier molecular flexibility index (Phi) is 4.37. The van der Waals surface area contributed by atoms with Gasteiger partial charge in [-0.2, -0.15) is 10.5 Å². The quantitative estimate of drug-likeness (QED) is 0.615. The Labute approximate surface area is 94.9 Å². The number of aryl methyl sites for hydroxylation is 1. The Hall–Kier alpha value is -2.52. The fourth-order valence-corrected chi connectivity index (χ4v) is 1.06. The van der Waals surface area contributed by atoms with Gasteiger partial charge in [0.15, 0.2) is 0 Å². The molecule has 1 rings (SSSR count). The van der Waals surface area contributed by atoms with E-state index in [1.165, 1.54) is 17.7 Å². The zero-order chi connectivity index (χ0) is 11.8. The molecule has 3 heteroatoms. The van der Waals surface area contributed by atoms with Gasteiger partial charge in [0.2, 0.25) is 0 Å². The standard InChI is InChI=1S/C13H11N3/c1-11-4-6-13(7-5-11)16-10-12(9-15)3-2-8-14/h2-7,10,16H,1H3. The monoisotopic (exact) mass is 209 g/mol. The van der Waals surface area contributed by atoms with Gasteiger partial charge >= 0.3 is 0 Å². The Morgan fingerprint density at radius 1 is 1.25 bits per heavy atom. The summed E-state index contributed by atoms with van der Waals surface area (Å²) in [5.41, 5.74) is 2.49. The van der Waals surface area contributed by atoms with E-state index in [2.05, 4.69) is 5.32 Å². The lowest BCUT2D eigenvalue weighted by Gasteiger charge is -2.00. The second-order valence-corrected chi connectivity index (χ2v) is 3.18. The highest BCUT2D eigenvalue weighted by molar-refractivity contribution is 5.49. The van der Waals surface area contributed by atoms with Gasteiger partial charge in [-0.3, -0.25) is 0 Å². The average Bonchev–Trinajstić information content (AvgIpc) is 2.32. The highest BCUT2D eigenvalue weighted by Gasteiger charge is 1.90. The van der Waals surface area contributed by atoms with Crippen LogP contribution >= 0.6 is 0 Å². The van der Waals surface area contributed by atoms with Gasteiger partial charge in [0.25, 0.3) is 0 Å². The highest BCUT2D eigenvalue weighted by Crippen LogP contribution is 2.09. The SMILES string of the molecule is Cc1ccc(NC=C(C#N)C=CC#N)cc1. The molecule has 16 heavy (non-hydrogen) atoms. The summed E-state index contributed by atoms with van der Waals surface area (Å²) in [7, 11) is 0. The molecule has 0 saturated heterocycles. The fraction of sp³-hybridized carbons (Fsp3) is 0.0769. The van der Waals surface area contributed by atoms with Crippen LogP contribution in [0.2, 0.25) is 0 Å². The number of nitriles is 2. The zero-order valence-corrected chi connectivity index (χ0v) is 8.94. The Morgan fingerprint density at radius 2 is 1.94 bits per heavy atom. The van der Waals surface area contributed by atoms with Crippen LogP contribution in [-0.4, -0.2) is 0 Å². The van der Waals surface area contributed by atoms with Crippen LogP contribution in [-0.2, 0) is 0 Å². The van der Waals surface area contributed by atoms with Crippen molar-refractivity contribution in [2.75, 3.05) is 5.32 Å². The first-order chi connectivity index (χ1) is 7.76. The summed E-state index contributed by atoms with van der Waals surface area (Å²) in [5, 5.41) is 20.1. The Morgan fingerprint density at radius 3 is 2.50 bits per heavy atom. The molecule has 0 amide bonds. The molecule has 1 aromatic rings. The molecule has 0 heterocycles. The summed E-state index contributed by atoms with van der Waals surface area (Å²) >= 11 is 0. The first-order valence-corrected chi connectivity index (χ1v) is 4.76. The molecule has 0 atom stereocenters. The van der Waals surface area contributed by atoms with Gasteiger partial charge in [0.1, 0.15) is 6.07 Å². The van der Waals surface area contributed by atoms with E-state index in [1.54, 1.807) is 6.20 Å². The summed E-state index contributed by atoms with van der Waals surface area (Å²) in [6.07, 6.45) is 4.30. The highest BCUT2D eigenvalue weighted by atomic mass is 14.8. The van der Waals surface area contributed by atoms with E-state index < -0.39 is 0 Å². The molecule has 1 N–H and O–H groups in total. The number of nitrogens with zero attached hydrogens (tertiary/aromatic N) is 2. The van der Waals surface area contributed by atoms with Crippen molar-refractivity contribution in [3.05, 3.63) is 53.8 Å². The van der Waals surface area contributed by atoms with Crippen molar-refractivity contribution in [1.29, 1.82) is 10.5 Å². The first kappa shape index (κ1) is 11.6. The molecule has 0 radical (unpaired) electrons. The molecular weight excluding hydrogens is 198 g/mol. The summed E-state index contributed by atoms with van der Waals surface area (Å²) in [6.45, 7) is 2.01. The molecule has 0 unspecified atom stereocenters. The number of benzene rings is 1. The van der Waals surface area contributed by atoms with Crippen molar-refractivity contribution in [3.63, 3.8) is 0 Å². The number of hydrogen-bond donors (Lipinski definition) is 1. The lowest BCUT2D eigenvalue weighted by Crippen LogP contribution is -1.89. The molecule has 0 fully saturated rings. The summed E-state index contributed by atoms with van der Waals surface area (Å²) in [4.78, 5) is 0. The van der Waals surface area contributed by atoms with Crippen molar-refractivity contribution in [1.82, 2.24) is 0 Å². The average molecular weight is 209 g/mol. The van der Waals surface area contributed by atoms with Gasteiger partial charge in [0, 0.05) is 18.0 Å². The molecule has 1 aromatic carbocycles. The first-order valence-electron chi connectivity index (χ1n) is 4.76. The van der Waals surface area contributed by atoms with E-state index in [9.17, 15) is 0 Å². The van der Waals surface area contributed by atoms with E-state index in [0.29, 0.717) is 5.57 Å². The lowest BCUT2D eigenvalue weighted by molar-refractivity contribution is 1.44. The maximum Gasteiger partial charge on any atom is 0.101 e. The second-order valence-electron chi connectivity index (χ2n) is 3.18. The molecule has 0 aliphatic carbocycles. The Bertz CT molecular complexity index is 481. The molecular formula is C13H11N3. The second kappa shape index (κ2) is 6.06. The van der Waals surface area contributed by atoms with Crippen LogP contribution in [0.15, 0.2) is 48.2 Å². The van der Waals surface area contributed by atoms with Crippen LogP contribution < -0.4 is 5.32 Å². The normalized spacial score (nSPS) is 10.8. The molecule has 3 nitrogen and oxygen atoms in total. The van der Waals surface area contributed by atoms with E-state index in [0.717, 1.165) is 5.69 Å². The van der Waals surface area contributed by atoms with Crippen molar-refractivity contribution >= 4 is 5.69 Å².